The Balaban J connectivity index is 1.61. The molecule has 0 N–H and O–H groups in total. The van der Waals surface area contributed by atoms with E-state index in [-0.39, 0.29) is 18.1 Å². The Hall–Kier alpha value is -3.72. The molecule has 0 bridgehead atoms. The number of hydrogen-bond acceptors (Lipinski definition) is 1. The molecule has 0 aliphatic rings. The van der Waals surface area contributed by atoms with E-state index in [2.05, 4.69) is 0 Å². The molecule has 2 nitrogen and oxygen atoms in total. The molecule has 0 radical (unpaired) electrons. The highest BCUT2D eigenvalue weighted by molar-refractivity contribution is 5.82. The minimum absolute atomic E-state index is 0.0106. The summed E-state index contributed by atoms with van der Waals surface area (Å²) in [4.78, 5) is 15.3. The van der Waals surface area contributed by atoms with Gasteiger partial charge in [0.1, 0.15) is 5.82 Å². The first-order valence-corrected chi connectivity index (χ1v) is 10.4. The van der Waals surface area contributed by atoms with Crippen LogP contribution >= 0.6 is 0 Å². The predicted octanol–water partition coefficient (Wildman–Crippen LogP) is 6.26. The summed E-state index contributed by atoms with van der Waals surface area (Å²) in [7, 11) is 0. The molecule has 0 aliphatic carbocycles. The highest BCUT2D eigenvalue weighted by Crippen LogP contribution is 2.27. The van der Waals surface area contributed by atoms with Crippen LogP contribution in [0.15, 0.2) is 109 Å². The minimum atomic E-state index is -0.284. The van der Waals surface area contributed by atoms with Crippen LogP contribution in [0.25, 0.3) is 11.1 Å². The molecule has 0 aliphatic heterocycles. The predicted molar refractivity (Wildman–Crippen MR) is 123 cm³/mol. The maximum absolute atomic E-state index is 14.4. The molecule has 0 atom stereocenters. The minimum Gasteiger partial charge on any atom is -0.334 e. The first-order valence-electron chi connectivity index (χ1n) is 10.4. The summed E-state index contributed by atoms with van der Waals surface area (Å²) in [6.07, 6.45) is 0.212. The zero-order valence-corrected chi connectivity index (χ0v) is 17.2. The van der Waals surface area contributed by atoms with Crippen LogP contribution in [-0.2, 0) is 24.3 Å². The Bertz CT molecular complexity index is 1100. The van der Waals surface area contributed by atoms with Crippen molar-refractivity contribution in [1.82, 2.24) is 4.90 Å². The lowest BCUT2D eigenvalue weighted by Gasteiger charge is -2.24. The highest BCUT2D eigenvalue weighted by Gasteiger charge is 2.18. The molecule has 0 spiro atoms. The molecule has 4 aromatic rings. The second-order valence-electron chi connectivity index (χ2n) is 7.53. The van der Waals surface area contributed by atoms with Gasteiger partial charge in [-0.25, -0.2) is 4.39 Å². The van der Waals surface area contributed by atoms with Crippen molar-refractivity contribution >= 4 is 5.91 Å². The lowest BCUT2D eigenvalue weighted by atomic mass is 9.96. The van der Waals surface area contributed by atoms with Crippen LogP contribution in [0, 0.1) is 5.82 Å². The van der Waals surface area contributed by atoms with Crippen LogP contribution in [0.2, 0.25) is 0 Å². The number of rotatable bonds is 7. The van der Waals surface area contributed by atoms with Crippen molar-refractivity contribution in [3.8, 4) is 11.1 Å². The summed E-state index contributed by atoms with van der Waals surface area (Å²) < 4.78 is 14.4. The second kappa shape index (κ2) is 9.86. The van der Waals surface area contributed by atoms with Crippen molar-refractivity contribution in [3.05, 3.63) is 132 Å². The molecule has 0 aromatic heterocycles. The zero-order valence-electron chi connectivity index (χ0n) is 17.2. The second-order valence-corrected chi connectivity index (χ2v) is 7.53. The fourth-order valence-corrected chi connectivity index (χ4v) is 3.73. The third-order valence-electron chi connectivity index (χ3n) is 5.31. The molecular weight excluding hydrogens is 385 g/mol. The van der Waals surface area contributed by atoms with Gasteiger partial charge in [0, 0.05) is 18.7 Å². The molecule has 1 amide bonds. The number of nitrogens with zero attached hydrogens (tertiary/aromatic N) is 1. The number of hydrogen-bond donors (Lipinski definition) is 0. The molecular formula is C28H24FNO. The summed E-state index contributed by atoms with van der Waals surface area (Å²) in [5.41, 5.74) is 4.25. The Labute approximate surface area is 182 Å². The van der Waals surface area contributed by atoms with Crippen molar-refractivity contribution in [2.45, 2.75) is 19.5 Å². The van der Waals surface area contributed by atoms with Crippen LogP contribution in [0.5, 0.6) is 0 Å². The van der Waals surface area contributed by atoms with Gasteiger partial charge in [-0.2, -0.15) is 0 Å². The summed E-state index contributed by atoms with van der Waals surface area (Å²) >= 11 is 0. The average Bonchev–Trinajstić information content (AvgIpc) is 2.81. The SMILES string of the molecule is O=C(Cc1ccccc1-c1ccccc1F)N(Cc1ccccc1)Cc1ccccc1. The van der Waals surface area contributed by atoms with Crippen molar-refractivity contribution in [2.75, 3.05) is 0 Å². The molecule has 0 saturated heterocycles. The average molecular weight is 410 g/mol. The van der Waals surface area contributed by atoms with Crippen LogP contribution in [0.1, 0.15) is 16.7 Å². The summed E-state index contributed by atoms with van der Waals surface area (Å²) in [5.74, 6) is -0.274. The lowest BCUT2D eigenvalue weighted by molar-refractivity contribution is -0.131. The number of halogens is 1. The third-order valence-corrected chi connectivity index (χ3v) is 5.31. The van der Waals surface area contributed by atoms with Crippen molar-refractivity contribution in [2.24, 2.45) is 0 Å². The van der Waals surface area contributed by atoms with Crippen LogP contribution < -0.4 is 0 Å². The highest BCUT2D eigenvalue weighted by atomic mass is 19.1. The number of carbonyl (C=O) groups is 1. The number of amides is 1. The van der Waals surface area contributed by atoms with Crippen LogP contribution in [0.4, 0.5) is 4.39 Å². The van der Waals surface area contributed by atoms with Crippen molar-refractivity contribution in [1.29, 1.82) is 0 Å². The maximum atomic E-state index is 14.4. The van der Waals surface area contributed by atoms with E-state index in [1.165, 1.54) is 6.07 Å². The fraction of sp³-hybridized carbons (Fsp3) is 0.107. The molecule has 4 aromatic carbocycles. The summed E-state index contributed by atoms with van der Waals surface area (Å²) in [5, 5.41) is 0. The van der Waals surface area contributed by atoms with E-state index in [0.29, 0.717) is 18.7 Å². The van der Waals surface area contributed by atoms with E-state index < -0.39 is 0 Å². The standard InChI is InChI=1S/C28H24FNO/c29-27-18-10-9-17-26(27)25-16-8-7-15-24(25)19-28(31)30(20-22-11-3-1-4-12-22)21-23-13-5-2-6-14-23/h1-18H,19-21H2. The molecule has 0 unspecified atom stereocenters. The van der Waals surface area contributed by atoms with Gasteiger partial charge in [0.05, 0.1) is 6.42 Å². The largest absolute Gasteiger partial charge is 0.334 e. The fourth-order valence-electron chi connectivity index (χ4n) is 3.73. The van der Waals surface area contributed by atoms with Gasteiger partial charge in [0.25, 0.3) is 0 Å². The van der Waals surface area contributed by atoms with Crippen molar-refractivity contribution < 1.29 is 9.18 Å². The van der Waals surface area contributed by atoms with Gasteiger partial charge in [-0.05, 0) is 28.3 Å². The molecule has 0 saturated carbocycles. The van der Waals surface area contributed by atoms with Gasteiger partial charge < -0.3 is 4.90 Å². The third kappa shape index (κ3) is 5.26. The van der Waals surface area contributed by atoms with E-state index in [9.17, 15) is 9.18 Å². The Morgan fingerprint density at radius 1 is 0.613 bits per heavy atom. The van der Waals surface area contributed by atoms with Crippen molar-refractivity contribution in [3.63, 3.8) is 0 Å². The van der Waals surface area contributed by atoms with Gasteiger partial charge >= 0.3 is 0 Å². The number of benzene rings is 4. The maximum Gasteiger partial charge on any atom is 0.227 e. The Kier molecular flexibility index (Phi) is 6.53. The Morgan fingerprint density at radius 3 is 1.68 bits per heavy atom. The summed E-state index contributed by atoms with van der Waals surface area (Å²) in [6.45, 7) is 1.05. The van der Waals surface area contributed by atoms with Gasteiger partial charge in [-0.1, -0.05) is 103 Å². The van der Waals surface area contributed by atoms with E-state index in [0.717, 1.165) is 22.3 Å². The molecule has 0 heterocycles. The normalized spacial score (nSPS) is 10.6. The zero-order chi connectivity index (χ0) is 21.5. The van der Waals surface area contributed by atoms with E-state index >= 15 is 0 Å². The monoisotopic (exact) mass is 409 g/mol. The Morgan fingerprint density at radius 2 is 1.10 bits per heavy atom. The lowest BCUT2D eigenvalue weighted by Crippen LogP contribution is -2.31. The molecule has 0 fully saturated rings. The van der Waals surface area contributed by atoms with Gasteiger partial charge in [-0.3, -0.25) is 4.79 Å². The van der Waals surface area contributed by atoms with E-state index in [4.69, 9.17) is 0 Å². The smallest absolute Gasteiger partial charge is 0.227 e. The topological polar surface area (TPSA) is 20.3 Å². The molecule has 3 heteroatoms. The summed E-state index contributed by atoms with van der Waals surface area (Å²) in [6, 6.07) is 34.2. The van der Waals surface area contributed by atoms with E-state index in [1.807, 2.05) is 95.9 Å². The quantitative estimate of drug-likeness (QED) is 0.353. The first kappa shape index (κ1) is 20.5. The van der Waals surface area contributed by atoms with Gasteiger partial charge in [-0.15, -0.1) is 0 Å². The molecule has 4 rings (SSSR count). The van der Waals surface area contributed by atoms with Crippen LogP contribution in [-0.4, -0.2) is 10.8 Å². The van der Waals surface area contributed by atoms with Gasteiger partial charge in [0.2, 0.25) is 5.91 Å². The number of carbonyl (C=O) groups excluding carboxylic acids is 1. The van der Waals surface area contributed by atoms with E-state index in [1.54, 1.807) is 12.1 Å². The molecule has 154 valence electrons. The van der Waals surface area contributed by atoms with Gasteiger partial charge in [0.15, 0.2) is 0 Å². The van der Waals surface area contributed by atoms with Crippen LogP contribution in [0.3, 0.4) is 0 Å². The first-order chi connectivity index (χ1) is 15.2. The molecule has 31 heavy (non-hydrogen) atoms.